The number of nitrogens with one attached hydrogen (secondary N) is 1. The fourth-order valence-corrected chi connectivity index (χ4v) is 4.59. The van der Waals surface area contributed by atoms with E-state index in [2.05, 4.69) is 79.0 Å². The summed E-state index contributed by atoms with van der Waals surface area (Å²) in [4.78, 5) is 12.4. The molecule has 1 aliphatic carbocycles. The molecule has 1 atom stereocenters. The normalized spacial score (nSPS) is 16.2. The summed E-state index contributed by atoms with van der Waals surface area (Å²) in [5.74, 6) is 1.76. The molecule has 0 unspecified atom stereocenters. The SMILES string of the molecule is CC(C)[C@H](C)NC(=O)CSc1nnc(-c2ccc(C(C)(C)C)cc2)n1C1CCCC1. The third-order valence-electron chi connectivity index (χ3n) is 6.08. The molecule has 1 fully saturated rings. The molecular weight excluding hydrogens is 392 g/mol. The van der Waals surface area contributed by atoms with Gasteiger partial charge in [-0.15, -0.1) is 10.2 Å². The molecule has 30 heavy (non-hydrogen) atoms. The van der Waals surface area contributed by atoms with Gasteiger partial charge in [0, 0.05) is 17.6 Å². The number of amides is 1. The van der Waals surface area contributed by atoms with Gasteiger partial charge in [-0.3, -0.25) is 9.36 Å². The van der Waals surface area contributed by atoms with Crippen LogP contribution in [0.2, 0.25) is 0 Å². The number of nitrogens with zero attached hydrogens (tertiary/aromatic N) is 3. The Bertz CT molecular complexity index is 845. The summed E-state index contributed by atoms with van der Waals surface area (Å²) in [5, 5.41) is 13.0. The van der Waals surface area contributed by atoms with Gasteiger partial charge in [-0.2, -0.15) is 0 Å². The molecule has 3 rings (SSSR count). The molecule has 1 heterocycles. The highest BCUT2D eigenvalue weighted by Crippen LogP contribution is 2.37. The van der Waals surface area contributed by atoms with E-state index in [1.54, 1.807) is 0 Å². The second-order valence-electron chi connectivity index (χ2n) is 9.83. The van der Waals surface area contributed by atoms with Crippen LogP contribution in [0.1, 0.15) is 78.8 Å². The second-order valence-corrected chi connectivity index (χ2v) is 10.8. The number of carbonyl (C=O) groups is 1. The average Bonchev–Trinajstić information content (AvgIpc) is 3.35. The maximum absolute atomic E-state index is 12.4. The molecule has 0 bridgehead atoms. The van der Waals surface area contributed by atoms with Crippen molar-refractivity contribution < 1.29 is 4.79 Å². The van der Waals surface area contributed by atoms with E-state index in [-0.39, 0.29) is 17.4 Å². The summed E-state index contributed by atoms with van der Waals surface area (Å²) in [6.45, 7) is 13.0. The van der Waals surface area contributed by atoms with E-state index in [1.807, 2.05) is 6.92 Å². The highest BCUT2D eigenvalue weighted by Gasteiger charge is 2.26. The number of benzene rings is 1. The van der Waals surface area contributed by atoms with Crippen molar-refractivity contribution in [2.75, 3.05) is 5.75 Å². The first kappa shape index (κ1) is 22.9. The molecule has 1 amide bonds. The van der Waals surface area contributed by atoms with Crippen molar-refractivity contribution in [2.24, 2.45) is 5.92 Å². The van der Waals surface area contributed by atoms with Gasteiger partial charge in [0.15, 0.2) is 11.0 Å². The molecular formula is C24H36N4OS. The average molecular weight is 429 g/mol. The Morgan fingerprint density at radius 3 is 2.33 bits per heavy atom. The Morgan fingerprint density at radius 2 is 1.77 bits per heavy atom. The standard InChI is InChI=1S/C24H36N4OS/c1-16(2)17(3)25-21(29)15-30-23-27-26-22(28(23)20-9-7-8-10-20)18-11-13-19(14-12-18)24(4,5)6/h11-14,16-17,20H,7-10,15H2,1-6H3,(H,25,29)/t17-/m0/s1. The minimum atomic E-state index is 0.0539. The summed E-state index contributed by atoms with van der Waals surface area (Å²) in [7, 11) is 0. The maximum atomic E-state index is 12.4. The van der Waals surface area contributed by atoms with Crippen LogP contribution >= 0.6 is 11.8 Å². The van der Waals surface area contributed by atoms with Gasteiger partial charge in [0.1, 0.15) is 0 Å². The third kappa shape index (κ3) is 5.45. The molecule has 1 N–H and O–H groups in total. The van der Waals surface area contributed by atoms with Crippen molar-refractivity contribution in [3.8, 4) is 11.4 Å². The predicted octanol–water partition coefficient (Wildman–Crippen LogP) is 5.61. The molecule has 1 aliphatic rings. The Labute approximate surface area is 185 Å². The molecule has 0 spiro atoms. The number of thioether (sulfide) groups is 1. The van der Waals surface area contributed by atoms with Gasteiger partial charge in [-0.1, -0.05) is 83.5 Å². The number of rotatable bonds is 7. The van der Waals surface area contributed by atoms with E-state index in [0.717, 1.165) is 29.4 Å². The monoisotopic (exact) mass is 428 g/mol. The summed E-state index contributed by atoms with van der Waals surface area (Å²) in [5.41, 5.74) is 2.52. The molecule has 0 aliphatic heterocycles. The van der Waals surface area contributed by atoms with Gasteiger partial charge in [-0.05, 0) is 36.7 Å². The van der Waals surface area contributed by atoms with Crippen molar-refractivity contribution in [1.29, 1.82) is 0 Å². The zero-order valence-corrected chi connectivity index (χ0v) is 20.1. The zero-order chi connectivity index (χ0) is 21.9. The molecule has 1 aromatic carbocycles. The van der Waals surface area contributed by atoms with Crippen LogP contribution in [0.3, 0.4) is 0 Å². The van der Waals surface area contributed by atoms with Crippen molar-refractivity contribution in [1.82, 2.24) is 20.1 Å². The van der Waals surface area contributed by atoms with Crippen molar-refractivity contribution >= 4 is 17.7 Å². The molecule has 5 nitrogen and oxygen atoms in total. The predicted molar refractivity (Wildman–Crippen MR) is 125 cm³/mol. The zero-order valence-electron chi connectivity index (χ0n) is 19.2. The molecule has 1 saturated carbocycles. The van der Waals surface area contributed by atoms with Crippen molar-refractivity contribution in [3.05, 3.63) is 29.8 Å². The molecule has 2 aromatic rings. The van der Waals surface area contributed by atoms with Gasteiger partial charge in [0.05, 0.1) is 5.75 Å². The van der Waals surface area contributed by atoms with Gasteiger partial charge in [0.25, 0.3) is 0 Å². The number of carbonyl (C=O) groups excluding carboxylic acids is 1. The number of aromatic nitrogens is 3. The minimum absolute atomic E-state index is 0.0539. The fraction of sp³-hybridized carbons (Fsp3) is 0.625. The highest BCUT2D eigenvalue weighted by molar-refractivity contribution is 7.99. The first-order valence-electron chi connectivity index (χ1n) is 11.1. The Hall–Kier alpha value is -1.82. The fourth-order valence-electron chi connectivity index (χ4n) is 3.78. The summed E-state index contributed by atoms with van der Waals surface area (Å²) >= 11 is 1.50. The van der Waals surface area contributed by atoms with Crippen LogP contribution in [-0.2, 0) is 10.2 Å². The van der Waals surface area contributed by atoms with E-state index in [9.17, 15) is 4.79 Å². The van der Waals surface area contributed by atoms with Crippen LogP contribution in [-0.4, -0.2) is 32.5 Å². The summed E-state index contributed by atoms with van der Waals surface area (Å²) in [6, 6.07) is 9.27. The second kappa shape index (κ2) is 9.54. The van der Waals surface area contributed by atoms with Gasteiger partial charge in [0.2, 0.25) is 5.91 Å². The van der Waals surface area contributed by atoms with Gasteiger partial charge < -0.3 is 5.32 Å². The molecule has 164 valence electrons. The van der Waals surface area contributed by atoms with Crippen molar-refractivity contribution in [2.45, 2.75) is 89.9 Å². The van der Waals surface area contributed by atoms with Gasteiger partial charge in [-0.25, -0.2) is 0 Å². The molecule has 0 radical (unpaired) electrons. The first-order chi connectivity index (χ1) is 14.2. The van der Waals surface area contributed by atoms with E-state index in [0.29, 0.717) is 17.7 Å². The Morgan fingerprint density at radius 1 is 1.13 bits per heavy atom. The molecule has 0 saturated heterocycles. The van der Waals surface area contributed by atoms with Crippen LogP contribution in [0.25, 0.3) is 11.4 Å². The van der Waals surface area contributed by atoms with Gasteiger partial charge >= 0.3 is 0 Å². The molecule has 6 heteroatoms. The van der Waals surface area contributed by atoms with E-state index >= 15 is 0 Å². The van der Waals surface area contributed by atoms with Crippen molar-refractivity contribution in [3.63, 3.8) is 0 Å². The lowest BCUT2D eigenvalue weighted by molar-refractivity contribution is -0.119. The Kier molecular flexibility index (Phi) is 7.27. The topological polar surface area (TPSA) is 59.8 Å². The number of hydrogen-bond acceptors (Lipinski definition) is 4. The lowest BCUT2D eigenvalue weighted by Gasteiger charge is -2.20. The largest absolute Gasteiger partial charge is 0.353 e. The minimum Gasteiger partial charge on any atom is -0.353 e. The third-order valence-corrected chi connectivity index (χ3v) is 7.03. The first-order valence-corrected chi connectivity index (χ1v) is 12.1. The smallest absolute Gasteiger partial charge is 0.230 e. The van der Waals surface area contributed by atoms with Crippen LogP contribution in [0.4, 0.5) is 0 Å². The summed E-state index contributed by atoms with van der Waals surface area (Å²) in [6.07, 6.45) is 4.77. The van der Waals surface area contributed by atoms with E-state index < -0.39 is 0 Å². The van der Waals surface area contributed by atoms with E-state index in [4.69, 9.17) is 0 Å². The number of hydrogen-bond donors (Lipinski definition) is 1. The van der Waals surface area contributed by atoms with Crippen LogP contribution in [0.5, 0.6) is 0 Å². The van der Waals surface area contributed by atoms with Crippen LogP contribution in [0, 0.1) is 5.92 Å². The lowest BCUT2D eigenvalue weighted by Crippen LogP contribution is -2.37. The lowest BCUT2D eigenvalue weighted by atomic mass is 9.86. The molecule has 1 aromatic heterocycles. The summed E-state index contributed by atoms with van der Waals surface area (Å²) < 4.78 is 2.28. The van der Waals surface area contributed by atoms with Crippen LogP contribution < -0.4 is 5.32 Å². The highest BCUT2D eigenvalue weighted by atomic mass is 32.2. The van der Waals surface area contributed by atoms with Crippen LogP contribution in [0.15, 0.2) is 29.4 Å². The Balaban J connectivity index is 1.81. The maximum Gasteiger partial charge on any atom is 0.230 e. The van der Waals surface area contributed by atoms with E-state index in [1.165, 1.54) is 30.2 Å². The quantitative estimate of drug-likeness (QED) is 0.582.